The minimum absolute atomic E-state index is 0.285. The normalized spacial score (nSPS) is 14.4. The Hall–Kier alpha value is 0.716. The van der Waals surface area contributed by atoms with E-state index in [0.29, 0.717) is 6.10 Å². The summed E-state index contributed by atoms with van der Waals surface area (Å²) in [5.74, 6) is 0. The molecule has 0 amide bonds. The molecule has 3 heteroatoms. The molecule has 0 aromatic carbocycles. The monoisotopic (exact) mass is 574 g/mol. The minimum atomic E-state index is -2.24. The van der Waals surface area contributed by atoms with E-state index in [-0.39, 0.29) is 5.04 Å². The van der Waals surface area contributed by atoms with Gasteiger partial charge in [-0.05, 0) is 0 Å². The van der Waals surface area contributed by atoms with Crippen molar-refractivity contribution in [3.05, 3.63) is 10.2 Å². The summed E-state index contributed by atoms with van der Waals surface area (Å²) in [4.78, 5) is 0. The summed E-state index contributed by atoms with van der Waals surface area (Å²) in [6, 6.07) is 0. The first-order valence-corrected chi connectivity index (χ1v) is 25.1. The zero-order chi connectivity index (χ0) is 24.5. The van der Waals surface area contributed by atoms with Crippen molar-refractivity contribution in [2.45, 2.75) is 169 Å². The molecule has 0 aliphatic carbocycles. The van der Waals surface area contributed by atoms with Crippen molar-refractivity contribution in [1.82, 2.24) is 0 Å². The fraction of sp³-hybridized carbons (Fsp3) is 0.931. The third-order valence-electron chi connectivity index (χ3n) is 7.84. The molecule has 0 spiro atoms. The van der Waals surface area contributed by atoms with E-state index in [1.54, 1.807) is 13.3 Å². The van der Waals surface area contributed by atoms with Gasteiger partial charge in [-0.1, -0.05) is 0 Å². The van der Waals surface area contributed by atoms with Crippen LogP contribution in [0, 0.1) is 0 Å². The van der Waals surface area contributed by atoms with Crippen LogP contribution in [-0.4, -0.2) is 32.8 Å². The van der Waals surface area contributed by atoms with Gasteiger partial charge >= 0.3 is 211 Å². The Bertz CT molecular complexity index is 444. The van der Waals surface area contributed by atoms with E-state index in [1.165, 1.54) is 83.5 Å². The average molecular weight is 574 g/mol. The van der Waals surface area contributed by atoms with Crippen LogP contribution in [0.5, 0.6) is 0 Å². The molecule has 0 aliphatic rings. The fourth-order valence-corrected chi connectivity index (χ4v) is 20.1. The van der Waals surface area contributed by atoms with Crippen molar-refractivity contribution in [2.24, 2.45) is 0 Å². The SMILES string of the molecule is CCCCCCCCC(/C=[CH]/[Sn]([CH2]CCC)([CH2]CCC)[CH2]CCC)O[Si](C)(C)C(C)(C)C. The zero-order valence-corrected chi connectivity index (χ0v) is 27.8. The van der Waals surface area contributed by atoms with E-state index in [0.717, 1.165) is 0 Å². The Kier molecular flexibility index (Phi) is 18.5. The van der Waals surface area contributed by atoms with Crippen LogP contribution in [-0.2, 0) is 4.43 Å². The summed E-state index contributed by atoms with van der Waals surface area (Å²) >= 11 is -2.24. The predicted molar refractivity (Wildman–Crippen MR) is 154 cm³/mol. The standard InChI is InChI=1S/C17H35OSi.3C4H9.Sn/c1-8-10-11-12-13-14-15-16(9-2)18-19(6,7)17(3,4)5;3*1-3-4-2;/h2,9,16H,8,10-15H2,1,3-7H3;3*1,3-4H2,2H3;. The van der Waals surface area contributed by atoms with Gasteiger partial charge in [0.2, 0.25) is 0 Å². The van der Waals surface area contributed by atoms with Crippen LogP contribution in [0.2, 0.25) is 31.4 Å². The molecule has 1 unspecified atom stereocenters. The molecule has 0 aliphatic heterocycles. The van der Waals surface area contributed by atoms with Crippen LogP contribution in [0.25, 0.3) is 0 Å². The average Bonchev–Trinajstić information content (AvgIpc) is 2.73. The van der Waals surface area contributed by atoms with Crippen LogP contribution in [0.3, 0.4) is 0 Å². The molecule has 0 rings (SSSR count). The molecule has 32 heavy (non-hydrogen) atoms. The third-order valence-corrected chi connectivity index (χ3v) is 26.5. The molecule has 0 aromatic rings. The van der Waals surface area contributed by atoms with Gasteiger partial charge in [0.05, 0.1) is 0 Å². The number of hydrogen-bond donors (Lipinski definition) is 0. The topological polar surface area (TPSA) is 9.23 Å². The van der Waals surface area contributed by atoms with Crippen molar-refractivity contribution in [1.29, 1.82) is 0 Å². The first kappa shape index (κ1) is 32.7. The Morgan fingerprint density at radius 2 is 1.12 bits per heavy atom. The molecule has 0 bridgehead atoms. The third kappa shape index (κ3) is 14.2. The fourth-order valence-electron chi connectivity index (χ4n) is 4.40. The maximum absolute atomic E-state index is 7.02. The van der Waals surface area contributed by atoms with Crippen LogP contribution in [0.4, 0.5) is 0 Å². The quantitative estimate of drug-likeness (QED) is 0.104. The van der Waals surface area contributed by atoms with Crippen LogP contribution < -0.4 is 0 Å². The van der Waals surface area contributed by atoms with E-state index in [9.17, 15) is 0 Å². The molecule has 0 saturated heterocycles. The molecule has 192 valence electrons. The molecule has 0 N–H and O–H groups in total. The molecule has 0 aromatic heterocycles. The van der Waals surface area contributed by atoms with Crippen molar-refractivity contribution in [3.63, 3.8) is 0 Å². The van der Waals surface area contributed by atoms with Crippen molar-refractivity contribution in [3.8, 4) is 0 Å². The van der Waals surface area contributed by atoms with E-state index in [4.69, 9.17) is 4.43 Å². The zero-order valence-electron chi connectivity index (χ0n) is 24.0. The van der Waals surface area contributed by atoms with Gasteiger partial charge in [0, 0.05) is 0 Å². The van der Waals surface area contributed by atoms with Crippen LogP contribution >= 0.6 is 0 Å². The van der Waals surface area contributed by atoms with Gasteiger partial charge in [-0.15, -0.1) is 0 Å². The van der Waals surface area contributed by atoms with Crippen LogP contribution in [0.15, 0.2) is 10.2 Å². The van der Waals surface area contributed by atoms with E-state index in [1.807, 2.05) is 0 Å². The van der Waals surface area contributed by atoms with Gasteiger partial charge in [0.1, 0.15) is 0 Å². The van der Waals surface area contributed by atoms with E-state index < -0.39 is 26.7 Å². The van der Waals surface area contributed by atoms with Gasteiger partial charge in [-0.3, -0.25) is 0 Å². The molecule has 1 nitrogen and oxygen atoms in total. The molecular weight excluding hydrogens is 511 g/mol. The predicted octanol–water partition coefficient (Wildman–Crippen LogP) is 11.1. The Morgan fingerprint density at radius 3 is 1.56 bits per heavy atom. The van der Waals surface area contributed by atoms with Gasteiger partial charge in [-0.2, -0.15) is 0 Å². The first-order valence-electron chi connectivity index (χ1n) is 14.4. The summed E-state index contributed by atoms with van der Waals surface area (Å²) in [6.45, 7) is 21.5. The maximum atomic E-state index is 7.02. The first-order chi connectivity index (χ1) is 15.1. The van der Waals surface area contributed by atoms with E-state index >= 15 is 0 Å². The number of hydrogen-bond acceptors (Lipinski definition) is 1. The number of unbranched alkanes of at least 4 members (excludes halogenated alkanes) is 8. The molecule has 1 atom stereocenters. The summed E-state index contributed by atoms with van der Waals surface area (Å²) < 4.78 is 14.6. The molecule has 0 heterocycles. The summed E-state index contributed by atoms with van der Waals surface area (Å²) in [6.07, 6.45) is 20.8. The second-order valence-electron chi connectivity index (χ2n) is 12.0. The van der Waals surface area contributed by atoms with Crippen molar-refractivity contribution >= 4 is 26.7 Å². The van der Waals surface area contributed by atoms with E-state index in [2.05, 4.69) is 71.7 Å². The van der Waals surface area contributed by atoms with Gasteiger partial charge in [0.15, 0.2) is 0 Å². The van der Waals surface area contributed by atoms with Crippen LogP contribution in [0.1, 0.15) is 132 Å². The number of rotatable bonds is 20. The summed E-state index contributed by atoms with van der Waals surface area (Å²) in [5.41, 5.74) is 0. The summed E-state index contributed by atoms with van der Waals surface area (Å²) in [7, 11) is -1.75. The molecular formula is C29H62OSiSn. The molecule has 0 saturated carbocycles. The van der Waals surface area contributed by atoms with Gasteiger partial charge < -0.3 is 0 Å². The van der Waals surface area contributed by atoms with Crippen molar-refractivity contribution in [2.75, 3.05) is 0 Å². The second kappa shape index (κ2) is 18.0. The van der Waals surface area contributed by atoms with Gasteiger partial charge in [0.25, 0.3) is 0 Å². The van der Waals surface area contributed by atoms with Gasteiger partial charge in [-0.25, -0.2) is 0 Å². The Morgan fingerprint density at radius 1 is 0.688 bits per heavy atom. The van der Waals surface area contributed by atoms with Crippen molar-refractivity contribution < 1.29 is 4.43 Å². The summed E-state index contributed by atoms with van der Waals surface area (Å²) in [5, 5.41) is 0.285. The molecule has 0 fully saturated rings. The Balaban J connectivity index is 5.52. The second-order valence-corrected chi connectivity index (χ2v) is 29.8. The molecule has 0 radical (unpaired) electrons. The Labute approximate surface area is 210 Å².